The van der Waals surface area contributed by atoms with Gasteiger partial charge in [0.2, 0.25) is 0 Å². The Morgan fingerprint density at radius 3 is 2.78 bits per heavy atom. The van der Waals surface area contributed by atoms with Crippen molar-refractivity contribution in [3.63, 3.8) is 0 Å². The third-order valence-corrected chi connectivity index (χ3v) is 2.95. The van der Waals surface area contributed by atoms with Crippen LogP contribution in [-0.2, 0) is 0 Å². The molecule has 0 spiro atoms. The first-order valence-corrected chi connectivity index (χ1v) is 5.89. The Kier molecular flexibility index (Phi) is 3.24. The van der Waals surface area contributed by atoms with Crippen LogP contribution in [0.5, 0.6) is 0 Å². The Labute approximate surface area is 106 Å². The number of hydrogen-bond donors (Lipinski definition) is 2. The predicted molar refractivity (Wildman–Crippen MR) is 69.8 cm³/mol. The maximum Gasteiger partial charge on any atom is 0.292 e. The lowest BCUT2D eigenvalue weighted by Crippen LogP contribution is -2.12. The van der Waals surface area contributed by atoms with Gasteiger partial charge in [0.1, 0.15) is 5.69 Å². The summed E-state index contributed by atoms with van der Waals surface area (Å²) in [4.78, 5) is 21.9. The number of benzene rings is 1. The molecule has 0 aliphatic carbocycles. The number of carbonyl (C=O) groups is 1. The highest BCUT2D eigenvalue weighted by molar-refractivity contribution is 7.08. The highest BCUT2D eigenvalue weighted by Crippen LogP contribution is 2.23. The summed E-state index contributed by atoms with van der Waals surface area (Å²) in [5.41, 5.74) is 6.07. The number of hydrogen-bond acceptors (Lipinski definition) is 5. The third-order valence-electron chi connectivity index (χ3n) is 2.27. The molecule has 1 aromatic heterocycles. The maximum atomic E-state index is 11.8. The molecule has 0 fully saturated rings. The molecule has 0 radical (unpaired) electrons. The normalized spacial score (nSPS) is 10.0. The second-order valence-electron chi connectivity index (χ2n) is 3.50. The van der Waals surface area contributed by atoms with E-state index < -0.39 is 10.8 Å². The first-order valence-electron chi connectivity index (χ1n) is 4.95. The molecule has 7 heteroatoms. The largest absolute Gasteiger partial charge is 0.393 e. The van der Waals surface area contributed by atoms with Gasteiger partial charge in [0.15, 0.2) is 0 Å². The molecule has 0 saturated carbocycles. The minimum atomic E-state index is -0.614. The molecule has 3 N–H and O–H groups in total. The zero-order valence-electron chi connectivity index (χ0n) is 9.12. The lowest BCUT2D eigenvalue weighted by Gasteiger charge is -2.03. The summed E-state index contributed by atoms with van der Waals surface area (Å²) in [6.45, 7) is 0. The van der Waals surface area contributed by atoms with E-state index in [0.29, 0.717) is 5.69 Å². The highest BCUT2D eigenvalue weighted by Gasteiger charge is 2.15. The third kappa shape index (κ3) is 2.46. The molecule has 0 unspecified atom stereocenters. The molecule has 18 heavy (non-hydrogen) atoms. The molecule has 1 heterocycles. The number of rotatable bonds is 3. The van der Waals surface area contributed by atoms with Crippen LogP contribution in [0.15, 0.2) is 35.0 Å². The van der Waals surface area contributed by atoms with Gasteiger partial charge in [0.25, 0.3) is 11.6 Å². The number of nitrogens with two attached hydrogens (primary N) is 1. The van der Waals surface area contributed by atoms with Crippen molar-refractivity contribution in [3.8, 4) is 0 Å². The summed E-state index contributed by atoms with van der Waals surface area (Å²) in [6, 6.07) is 5.70. The Morgan fingerprint density at radius 2 is 2.17 bits per heavy atom. The zero-order valence-corrected chi connectivity index (χ0v) is 9.94. The summed E-state index contributed by atoms with van der Waals surface area (Å²) < 4.78 is 0. The second kappa shape index (κ2) is 4.84. The Morgan fingerprint density at radius 1 is 1.39 bits per heavy atom. The van der Waals surface area contributed by atoms with Gasteiger partial charge >= 0.3 is 0 Å². The van der Waals surface area contributed by atoms with E-state index >= 15 is 0 Å². The fraction of sp³-hybridized carbons (Fsp3) is 0. The van der Waals surface area contributed by atoms with Crippen molar-refractivity contribution in [1.29, 1.82) is 0 Å². The highest BCUT2D eigenvalue weighted by atomic mass is 32.1. The van der Waals surface area contributed by atoms with Crippen molar-refractivity contribution in [2.24, 2.45) is 0 Å². The molecule has 2 rings (SSSR count). The van der Waals surface area contributed by atoms with Crippen molar-refractivity contribution in [2.75, 3.05) is 11.1 Å². The fourth-order valence-corrected chi connectivity index (χ4v) is 1.97. The van der Waals surface area contributed by atoms with E-state index in [4.69, 9.17) is 5.73 Å². The monoisotopic (exact) mass is 263 g/mol. The van der Waals surface area contributed by atoms with Crippen molar-refractivity contribution < 1.29 is 9.72 Å². The van der Waals surface area contributed by atoms with E-state index in [1.165, 1.54) is 23.5 Å². The molecule has 0 aliphatic rings. The van der Waals surface area contributed by atoms with E-state index in [1.54, 1.807) is 11.4 Å². The SMILES string of the molecule is Nc1ccc(C(=O)Nc2ccsc2)cc1[N+](=O)[O-]. The minimum absolute atomic E-state index is 0.0343. The Bertz CT molecular complexity index is 596. The topological polar surface area (TPSA) is 98.3 Å². The molecule has 0 bridgehead atoms. The smallest absolute Gasteiger partial charge is 0.292 e. The molecule has 0 saturated heterocycles. The van der Waals surface area contributed by atoms with E-state index in [1.807, 2.05) is 5.38 Å². The van der Waals surface area contributed by atoms with Crippen LogP contribution in [0.4, 0.5) is 17.1 Å². The van der Waals surface area contributed by atoms with Crippen LogP contribution >= 0.6 is 11.3 Å². The van der Waals surface area contributed by atoms with E-state index in [0.717, 1.165) is 6.07 Å². The van der Waals surface area contributed by atoms with Gasteiger partial charge in [-0.15, -0.1) is 0 Å². The molecule has 1 amide bonds. The summed E-state index contributed by atoms with van der Waals surface area (Å²) in [5, 5.41) is 16.9. The summed E-state index contributed by atoms with van der Waals surface area (Å²) in [7, 11) is 0. The lowest BCUT2D eigenvalue weighted by atomic mass is 10.1. The van der Waals surface area contributed by atoms with Crippen molar-refractivity contribution in [2.45, 2.75) is 0 Å². The average Bonchev–Trinajstić information content (AvgIpc) is 2.81. The summed E-state index contributed by atoms with van der Waals surface area (Å²) in [5.74, 6) is -0.406. The van der Waals surface area contributed by atoms with Crippen LogP contribution < -0.4 is 11.1 Å². The van der Waals surface area contributed by atoms with Crippen LogP contribution in [0.25, 0.3) is 0 Å². The van der Waals surface area contributed by atoms with Crippen LogP contribution in [0.1, 0.15) is 10.4 Å². The number of nitrogens with one attached hydrogen (secondary N) is 1. The number of nitrogen functional groups attached to an aromatic ring is 1. The molecule has 92 valence electrons. The van der Waals surface area contributed by atoms with Gasteiger partial charge in [-0.2, -0.15) is 11.3 Å². The van der Waals surface area contributed by atoms with Gasteiger partial charge in [0.05, 0.1) is 10.6 Å². The van der Waals surface area contributed by atoms with Crippen LogP contribution in [-0.4, -0.2) is 10.8 Å². The lowest BCUT2D eigenvalue weighted by molar-refractivity contribution is -0.383. The number of carbonyl (C=O) groups excluding carboxylic acids is 1. The van der Waals surface area contributed by atoms with Gasteiger partial charge in [0, 0.05) is 17.0 Å². The fourth-order valence-electron chi connectivity index (χ4n) is 1.38. The van der Waals surface area contributed by atoms with E-state index in [2.05, 4.69) is 5.32 Å². The Hall–Kier alpha value is -2.41. The van der Waals surface area contributed by atoms with E-state index in [9.17, 15) is 14.9 Å². The van der Waals surface area contributed by atoms with Crippen molar-refractivity contribution in [1.82, 2.24) is 0 Å². The van der Waals surface area contributed by atoms with Crippen molar-refractivity contribution >= 4 is 34.3 Å². The van der Waals surface area contributed by atoms with Gasteiger partial charge < -0.3 is 11.1 Å². The Balaban J connectivity index is 2.26. The first kappa shape index (κ1) is 12.1. The summed E-state index contributed by atoms with van der Waals surface area (Å²) >= 11 is 1.44. The van der Waals surface area contributed by atoms with Crippen LogP contribution in [0.2, 0.25) is 0 Å². The van der Waals surface area contributed by atoms with Gasteiger partial charge in [-0.1, -0.05) is 0 Å². The number of thiophene rings is 1. The standard InChI is InChI=1S/C11H9N3O3S/c12-9-2-1-7(5-10(9)14(16)17)11(15)13-8-3-4-18-6-8/h1-6H,12H2,(H,13,15). The van der Waals surface area contributed by atoms with Crippen LogP contribution in [0.3, 0.4) is 0 Å². The maximum absolute atomic E-state index is 11.8. The molecular formula is C11H9N3O3S. The number of nitro benzene ring substituents is 1. The van der Waals surface area contributed by atoms with Crippen molar-refractivity contribution in [3.05, 3.63) is 50.7 Å². The average molecular weight is 263 g/mol. The summed E-state index contributed by atoms with van der Waals surface area (Å²) in [6.07, 6.45) is 0. The quantitative estimate of drug-likeness (QED) is 0.505. The molecule has 0 aliphatic heterocycles. The van der Waals surface area contributed by atoms with Gasteiger partial charge in [-0.05, 0) is 23.6 Å². The minimum Gasteiger partial charge on any atom is -0.393 e. The number of amides is 1. The second-order valence-corrected chi connectivity index (χ2v) is 4.28. The van der Waals surface area contributed by atoms with Crippen LogP contribution in [0, 0.1) is 10.1 Å². The number of nitro groups is 1. The first-order chi connectivity index (χ1) is 8.58. The van der Waals surface area contributed by atoms with Gasteiger partial charge in [-0.25, -0.2) is 0 Å². The molecule has 1 aromatic carbocycles. The molecule has 0 atom stereocenters. The zero-order chi connectivity index (χ0) is 13.1. The number of nitrogens with zero attached hydrogens (tertiary/aromatic N) is 1. The number of anilines is 2. The van der Waals surface area contributed by atoms with Gasteiger partial charge in [-0.3, -0.25) is 14.9 Å². The molecular weight excluding hydrogens is 254 g/mol. The molecule has 6 nitrogen and oxygen atoms in total. The predicted octanol–water partition coefficient (Wildman–Crippen LogP) is 2.49. The van der Waals surface area contributed by atoms with E-state index in [-0.39, 0.29) is 16.9 Å². The molecule has 2 aromatic rings.